The molecule has 0 spiro atoms. The van der Waals surface area contributed by atoms with Gasteiger partial charge in [-0.2, -0.15) is 8.78 Å². The Hall–Kier alpha value is -1.18. The Morgan fingerprint density at radius 2 is 2.05 bits per heavy atom. The SMILES string of the molecule is COCCNCCNC(=O)c1ccccc1SC(F)F. The molecule has 7 heteroatoms. The molecule has 1 amide bonds. The Labute approximate surface area is 121 Å². The first-order valence-electron chi connectivity index (χ1n) is 6.17. The van der Waals surface area contributed by atoms with Gasteiger partial charge in [0.05, 0.1) is 12.2 Å². The summed E-state index contributed by atoms with van der Waals surface area (Å²) in [4.78, 5) is 12.2. The second kappa shape index (κ2) is 9.68. The molecule has 2 N–H and O–H groups in total. The number of hydrogen-bond donors (Lipinski definition) is 2. The van der Waals surface area contributed by atoms with Crippen molar-refractivity contribution in [1.82, 2.24) is 10.6 Å². The maximum Gasteiger partial charge on any atom is 0.288 e. The van der Waals surface area contributed by atoms with Crippen LogP contribution in [0.2, 0.25) is 0 Å². The van der Waals surface area contributed by atoms with E-state index in [0.717, 1.165) is 0 Å². The monoisotopic (exact) mass is 304 g/mol. The molecule has 0 fully saturated rings. The summed E-state index contributed by atoms with van der Waals surface area (Å²) in [6, 6.07) is 6.34. The van der Waals surface area contributed by atoms with Crippen LogP contribution in [0.1, 0.15) is 10.4 Å². The Morgan fingerprint density at radius 3 is 2.75 bits per heavy atom. The molecule has 0 aliphatic rings. The van der Waals surface area contributed by atoms with Crippen LogP contribution in [0.5, 0.6) is 0 Å². The van der Waals surface area contributed by atoms with Crippen molar-refractivity contribution in [3.05, 3.63) is 29.8 Å². The first-order valence-corrected chi connectivity index (χ1v) is 7.04. The van der Waals surface area contributed by atoms with Gasteiger partial charge in [0.25, 0.3) is 11.7 Å². The highest BCUT2D eigenvalue weighted by atomic mass is 32.2. The van der Waals surface area contributed by atoms with Gasteiger partial charge in [0, 0.05) is 31.6 Å². The normalized spacial score (nSPS) is 10.8. The van der Waals surface area contributed by atoms with Crippen molar-refractivity contribution in [1.29, 1.82) is 0 Å². The summed E-state index contributed by atoms with van der Waals surface area (Å²) < 4.78 is 29.7. The van der Waals surface area contributed by atoms with Gasteiger partial charge in [-0.25, -0.2) is 0 Å². The number of methoxy groups -OCH3 is 1. The van der Waals surface area contributed by atoms with E-state index >= 15 is 0 Å². The van der Waals surface area contributed by atoms with Crippen molar-refractivity contribution >= 4 is 17.7 Å². The Morgan fingerprint density at radius 1 is 1.30 bits per heavy atom. The fourth-order valence-electron chi connectivity index (χ4n) is 1.51. The molecule has 0 aromatic heterocycles. The summed E-state index contributed by atoms with van der Waals surface area (Å²) >= 11 is 0.377. The fraction of sp³-hybridized carbons (Fsp3) is 0.462. The van der Waals surface area contributed by atoms with Crippen LogP contribution in [0.15, 0.2) is 29.2 Å². The highest BCUT2D eigenvalue weighted by Gasteiger charge is 2.14. The molecule has 4 nitrogen and oxygen atoms in total. The summed E-state index contributed by atoms with van der Waals surface area (Å²) in [5.41, 5.74) is 0.273. The number of ether oxygens (including phenoxy) is 1. The second-order valence-corrected chi connectivity index (χ2v) is 4.91. The molecular formula is C13H18F2N2O2S. The van der Waals surface area contributed by atoms with Crippen LogP contribution in [0.3, 0.4) is 0 Å². The number of nitrogens with one attached hydrogen (secondary N) is 2. The number of amides is 1. The van der Waals surface area contributed by atoms with Crippen molar-refractivity contribution < 1.29 is 18.3 Å². The molecule has 0 bridgehead atoms. The average molecular weight is 304 g/mol. The third-order valence-corrected chi connectivity index (χ3v) is 3.21. The summed E-state index contributed by atoms with van der Waals surface area (Å²) in [5, 5.41) is 5.76. The van der Waals surface area contributed by atoms with E-state index in [2.05, 4.69) is 10.6 Å². The van der Waals surface area contributed by atoms with Crippen molar-refractivity contribution in [2.45, 2.75) is 10.7 Å². The van der Waals surface area contributed by atoms with Crippen LogP contribution < -0.4 is 10.6 Å². The van der Waals surface area contributed by atoms with Crippen LogP contribution in [0.4, 0.5) is 8.78 Å². The Balaban J connectivity index is 2.43. The van der Waals surface area contributed by atoms with Crippen molar-refractivity contribution in [3.63, 3.8) is 0 Å². The number of hydrogen-bond acceptors (Lipinski definition) is 4. The molecule has 0 aliphatic carbocycles. The van der Waals surface area contributed by atoms with Crippen LogP contribution in [0, 0.1) is 0 Å². The van der Waals surface area contributed by atoms with Crippen LogP contribution in [-0.4, -0.2) is 45.0 Å². The lowest BCUT2D eigenvalue weighted by Crippen LogP contribution is -2.33. The van der Waals surface area contributed by atoms with Crippen LogP contribution in [0.25, 0.3) is 0 Å². The van der Waals surface area contributed by atoms with E-state index in [9.17, 15) is 13.6 Å². The number of carbonyl (C=O) groups excluding carboxylic acids is 1. The molecule has 0 unspecified atom stereocenters. The number of benzene rings is 1. The highest BCUT2D eigenvalue weighted by Crippen LogP contribution is 2.28. The molecule has 0 saturated carbocycles. The second-order valence-electron chi connectivity index (χ2n) is 3.87. The molecule has 0 saturated heterocycles. The zero-order valence-electron chi connectivity index (χ0n) is 11.2. The van der Waals surface area contributed by atoms with E-state index < -0.39 is 5.76 Å². The number of alkyl halides is 2. The highest BCUT2D eigenvalue weighted by molar-refractivity contribution is 7.99. The van der Waals surface area contributed by atoms with E-state index in [1.165, 1.54) is 6.07 Å². The minimum atomic E-state index is -2.54. The van der Waals surface area contributed by atoms with E-state index in [4.69, 9.17) is 4.74 Å². The van der Waals surface area contributed by atoms with Gasteiger partial charge in [-0.1, -0.05) is 23.9 Å². The van der Waals surface area contributed by atoms with E-state index in [1.807, 2.05) is 0 Å². The summed E-state index contributed by atoms with van der Waals surface area (Å²) in [6.07, 6.45) is 0. The minimum absolute atomic E-state index is 0.273. The number of thioether (sulfide) groups is 1. The van der Waals surface area contributed by atoms with Crippen LogP contribution in [-0.2, 0) is 4.74 Å². The lowest BCUT2D eigenvalue weighted by molar-refractivity contribution is 0.0951. The molecule has 1 aromatic rings. The van der Waals surface area contributed by atoms with E-state index in [0.29, 0.717) is 38.0 Å². The summed E-state index contributed by atoms with van der Waals surface area (Å²) in [7, 11) is 1.61. The van der Waals surface area contributed by atoms with Gasteiger partial charge in [-0.3, -0.25) is 4.79 Å². The zero-order chi connectivity index (χ0) is 14.8. The molecule has 0 atom stereocenters. The smallest absolute Gasteiger partial charge is 0.288 e. The quantitative estimate of drug-likeness (QED) is 0.541. The molecule has 112 valence electrons. The lowest BCUT2D eigenvalue weighted by Gasteiger charge is -2.10. The Kier molecular flexibility index (Phi) is 8.17. The maximum absolute atomic E-state index is 12.4. The third-order valence-electron chi connectivity index (χ3n) is 2.42. The fourth-order valence-corrected chi connectivity index (χ4v) is 2.15. The predicted molar refractivity (Wildman–Crippen MR) is 75.4 cm³/mol. The average Bonchev–Trinajstić information content (AvgIpc) is 2.42. The van der Waals surface area contributed by atoms with Gasteiger partial charge in [0.2, 0.25) is 0 Å². The van der Waals surface area contributed by atoms with Gasteiger partial charge in [0.15, 0.2) is 0 Å². The zero-order valence-corrected chi connectivity index (χ0v) is 12.0. The van der Waals surface area contributed by atoms with Gasteiger partial charge in [-0.05, 0) is 12.1 Å². The molecule has 1 rings (SSSR count). The predicted octanol–water partition coefficient (Wildman–Crippen LogP) is 1.97. The molecule has 0 heterocycles. The van der Waals surface area contributed by atoms with E-state index in [-0.39, 0.29) is 16.4 Å². The standard InChI is InChI=1S/C13H18F2N2O2S/c1-19-9-8-16-6-7-17-12(18)10-4-2-3-5-11(10)20-13(14)15/h2-5,13,16H,6-9H2,1H3,(H,17,18). The maximum atomic E-state index is 12.4. The minimum Gasteiger partial charge on any atom is -0.383 e. The molecule has 0 aliphatic heterocycles. The van der Waals surface area contributed by atoms with Gasteiger partial charge >= 0.3 is 0 Å². The Bertz CT molecular complexity index is 419. The topological polar surface area (TPSA) is 50.4 Å². The summed E-state index contributed by atoms with van der Waals surface area (Å²) in [6.45, 7) is 2.32. The number of rotatable bonds is 9. The van der Waals surface area contributed by atoms with Gasteiger partial charge in [0.1, 0.15) is 0 Å². The molecule has 20 heavy (non-hydrogen) atoms. The first-order chi connectivity index (χ1) is 9.65. The molecule has 0 radical (unpaired) electrons. The van der Waals surface area contributed by atoms with Crippen molar-refractivity contribution in [2.75, 3.05) is 33.4 Å². The number of halogens is 2. The molecule has 1 aromatic carbocycles. The van der Waals surface area contributed by atoms with Crippen LogP contribution >= 0.6 is 11.8 Å². The first kappa shape index (κ1) is 16.9. The van der Waals surface area contributed by atoms with Crippen molar-refractivity contribution in [3.8, 4) is 0 Å². The largest absolute Gasteiger partial charge is 0.383 e. The van der Waals surface area contributed by atoms with Gasteiger partial charge in [-0.15, -0.1) is 0 Å². The number of carbonyl (C=O) groups is 1. The third kappa shape index (κ3) is 6.31. The molecular weight excluding hydrogens is 286 g/mol. The van der Waals surface area contributed by atoms with Gasteiger partial charge < -0.3 is 15.4 Å². The summed E-state index contributed by atoms with van der Waals surface area (Å²) in [5.74, 6) is -2.89. The lowest BCUT2D eigenvalue weighted by atomic mass is 10.2. The van der Waals surface area contributed by atoms with Crippen molar-refractivity contribution in [2.24, 2.45) is 0 Å². The van der Waals surface area contributed by atoms with E-state index in [1.54, 1.807) is 25.3 Å².